The van der Waals surface area contributed by atoms with Gasteiger partial charge in [-0.15, -0.1) is 0 Å². The van der Waals surface area contributed by atoms with E-state index in [-0.39, 0.29) is 12.3 Å². The van der Waals surface area contributed by atoms with Crippen molar-refractivity contribution in [2.75, 3.05) is 6.54 Å². The highest BCUT2D eigenvalue weighted by Crippen LogP contribution is 2.27. The number of aryl methyl sites for hydroxylation is 2. The average Bonchev–Trinajstić information content (AvgIpc) is 3.17. The number of aromatic nitrogens is 3. The van der Waals surface area contributed by atoms with Gasteiger partial charge in [-0.1, -0.05) is 5.16 Å². The smallest absolute Gasteiger partial charge is 0.289 e. The van der Waals surface area contributed by atoms with Crippen molar-refractivity contribution in [2.24, 2.45) is 0 Å². The van der Waals surface area contributed by atoms with Gasteiger partial charge < -0.3 is 24.7 Å². The standard InChI is InChI=1S/C24H25N5O4/c1-14(25)8-21(30)24(31)29-7-6-17-9-22(27-11-19(17)12-29)32-13-20-16(3)33-28-23(20)18-5-4-15(2)26-10-18/h4-5,8-11,25,30H,6-7,12-13H2,1-3H3/b21-8-,25-14?. The Labute approximate surface area is 191 Å². The molecule has 1 aliphatic rings. The summed E-state index contributed by atoms with van der Waals surface area (Å²) in [4.78, 5) is 22.6. The average molecular weight is 447 g/mol. The molecule has 3 aromatic heterocycles. The van der Waals surface area contributed by atoms with Crippen molar-refractivity contribution in [1.82, 2.24) is 20.0 Å². The van der Waals surface area contributed by atoms with Crippen molar-refractivity contribution < 1.29 is 19.2 Å². The number of hydrogen-bond donors (Lipinski definition) is 2. The third-order valence-electron chi connectivity index (χ3n) is 5.46. The number of ether oxygens (including phenoxy) is 1. The van der Waals surface area contributed by atoms with E-state index in [1.807, 2.05) is 32.0 Å². The van der Waals surface area contributed by atoms with Crippen LogP contribution in [0.3, 0.4) is 0 Å². The molecule has 0 saturated heterocycles. The van der Waals surface area contributed by atoms with Crippen LogP contribution >= 0.6 is 0 Å². The lowest BCUT2D eigenvalue weighted by Crippen LogP contribution is -2.37. The van der Waals surface area contributed by atoms with Gasteiger partial charge >= 0.3 is 0 Å². The highest BCUT2D eigenvalue weighted by molar-refractivity contribution is 6.00. The van der Waals surface area contributed by atoms with Gasteiger partial charge in [-0.05, 0) is 50.5 Å². The van der Waals surface area contributed by atoms with Gasteiger partial charge in [-0.2, -0.15) is 0 Å². The van der Waals surface area contributed by atoms with E-state index >= 15 is 0 Å². The fourth-order valence-corrected chi connectivity index (χ4v) is 3.64. The van der Waals surface area contributed by atoms with Crippen molar-refractivity contribution in [3.63, 3.8) is 0 Å². The minimum atomic E-state index is -0.492. The quantitative estimate of drug-likeness (QED) is 0.335. The first-order chi connectivity index (χ1) is 15.8. The minimum absolute atomic E-state index is 0.117. The van der Waals surface area contributed by atoms with Gasteiger partial charge in [0.15, 0.2) is 5.76 Å². The highest BCUT2D eigenvalue weighted by Gasteiger charge is 2.24. The van der Waals surface area contributed by atoms with Crippen LogP contribution in [0.2, 0.25) is 0 Å². The molecule has 0 bridgehead atoms. The van der Waals surface area contributed by atoms with Gasteiger partial charge in [0, 0.05) is 54.6 Å². The van der Waals surface area contributed by atoms with Crippen LogP contribution in [0.1, 0.15) is 35.1 Å². The molecule has 9 heteroatoms. The number of fused-ring (bicyclic) bond motifs is 1. The molecule has 1 amide bonds. The Morgan fingerprint density at radius 2 is 2.09 bits per heavy atom. The number of amides is 1. The van der Waals surface area contributed by atoms with Crippen molar-refractivity contribution >= 4 is 11.6 Å². The molecule has 0 unspecified atom stereocenters. The summed E-state index contributed by atoms with van der Waals surface area (Å²) in [5.74, 6) is 0.228. The molecule has 3 aromatic rings. The van der Waals surface area contributed by atoms with E-state index in [4.69, 9.17) is 14.7 Å². The van der Waals surface area contributed by atoms with E-state index in [2.05, 4.69) is 15.1 Å². The topological polar surface area (TPSA) is 125 Å². The van der Waals surface area contributed by atoms with Crippen LogP contribution in [-0.2, 0) is 24.4 Å². The number of rotatable bonds is 6. The molecular formula is C24H25N5O4. The van der Waals surface area contributed by atoms with Crippen LogP contribution in [0, 0.1) is 19.3 Å². The van der Waals surface area contributed by atoms with Gasteiger partial charge in [-0.3, -0.25) is 9.78 Å². The molecule has 0 aromatic carbocycles. The summed E-state index contributed by atoms with van der Waals surface area (Å²) in [6, 6.07) is 5.75. The number of aliphatic hydroxyl groups is 1. The summed E-state index contributed by atoms with van der Waals surface area (Å²) in [5.41, 5.74) is 5.36. The second kappa shape index (κ2) is 9.23. The molecule has 4 rings (SSSR count). The Bertz CT molecular complexity index is 1230. The van der Waals surface area contributed by atoms with Crippen molar-refractivity contribution in [3.05, 3.63) is 70.6 Å². The van der Waals surface area contributed by atoms with Gasteiger partial charge in [0.2, 0.25) is 5.88 Å². The Balaban J connectivity index is 1.46. The second-order valence-corrected chi connectivity index (χ2v) is 8.02. The molecule has 2 N–H and O–H groups in total. The van der Waals surface area contributed by atoms with Gasteiger partial charge in [0.05, 0.1) is 5.56 Å². The molecule has 4 heterocycles. The highest BCUT2D eigenvalue weighted by atomic mass is 16.5. The number of nitrogens with one attached hydrogen (secondary N) is 1. The lowest BCUT2D eigenvalue weighted by Gasteiger charge is -2.28. The maximum absolute atomic E-state index is 12.4. The summed E-state index contributed by atoms with van der Waals surface area (Å²) in [5, 5.41) is 21.5. The molecule has 9 nitrogen and oxygen atoms in total. The Morgan fingerprint density at radius 3 is 2.82 bits per heavy atom. The fourth-order valence-electron chi connectivity index (χ4n) is 3.64. The predicted octanol–water partition coefficient (Wildman–Crippen LogP) is 3.69. The van der Waals surface area contributed by atoms with Crippen LogP contribution in [0.4, 0.5) is 0 Å². The van der Waals surface area contributed by atoms with Crippen molar-refractivity contribution in [3.8, 4) is 17.1 Å². The first-order valence-electron chi connectivity index (χ1n) is 10.6. The zero-order valence-corrected chi connectivity index (χ0v) is 18.8. The van der Waals surface area contributed by atoms with Gasteiger partial charge in [-0.25, -0.2) is 4.98 Å². The summed E-state index contributed by atoms with van der Waals surface area (Å²) in [7, 11) is 0. The van der Waals surface area contributed by atoms with Crippen LogP contribution in [0.5, 0.6) is 5.88 Å². The number of hydrogen-bond acceptors (Lipinski definition) is 8. The van der Waals surface area contributed by atoms with E-state index < -0.39 is 11.7 Å². The van der Waals surface area contributed by atoms with Crippen LogP contribution in [0.25, 0.3) is 11.3 Å². The number of aliphatic hydroxyl groups excluding tert-OH is 1. The van der Waals surface area contributed by atoms with E-state index in [0.29, 0.717) is 36.8 Å². The van der Waals surface area contributed by atoms with E-state index in [9.17, 15) is 9.90 Å². The van der Waals surface area contributed by atoms with Crippen LogP contribution in [0.15, 0.2) is 47.0 Å². The number of carbonyl (C=O) groups excluding carboxylic acids is 1. The first kappa shape index (κ1) is 22.2. The molecule has 33 heavy (non-hydrogen) atoms. The zero-order chi connectivity index (χ0) is 23.5. The summed E-state index contributed by atoms with van der Waals surface area (Å²) < 4.78 is 11.3. The van der Waals surface area contributed by atoms with E-state index in [0.717, 1.165) is 34.0 Å². The van der Waals surface area contributed by atoms with Crippen LogP contribution in [-0.4, -0.2) is 43.3 Å². The lowest BCUT2D eigenvalue weighted by molar-refractivity contribution is -0.130. The largest absolute Gasteiger partial charge is 0.503 e. The minimum Gasteiger partial charge on any atom is -0.503 e. The zero-order valence-electron chi connectivity index (χ0n) is 18.8. The van der Waals surface area contributed by atoms with E-state index in [1.165, 1.54) is 6.92 Å². The monoisotopic (exact) mass is 447 g/mol. The maximum Gasteiger partial charge on any atom is 0.289 e. The molecular weight excluding hydrogens is 422 g/mol. The van der Waals surface area contributed by atoms with Gasteiger partial charge in [0.1, 0.15) is 18.1 Å². The maximum atomic E-state index is 12.4. The predicted molar refractivity (Wildman–Crippen MR) is 121 cm³/mol. The molecule has 170 valence electrons. The van der Waals surface area contributed by atoms with Crippen LogP contribution < -0.4 is 4.74 Å². The lowest BCUT2D eigenvalue weighted by atomic mass is 10.0. The Morgan fingerprint density at radius 1 is 1.27 bits per heavy atom. The fraction of sp³-hybridized carbons (Fsp3) is 0.292. The van der Waals surface area contributed by atoms with Crippen molar-refractivity contribution in [1.29, 1.82) is 5.41 Å². The molecule has 0 aliphatic carbocycles. The SMILES string of the molecule is CC(=N)/C=C(\O)C(=O)N1CCc2cc(OCc3c(-c4ccc(C)nc4)noc3C)ncc2C1. The third kappa shape index (κ3) is 4.92. The number of carbonyl (C=O) groups is 1. The molecule has 0 atom stereocenters. The van der Waals surface area contributed by atoms with E-state index in [1.54, 1.807) is 17.3 Å². The first-order valence-corrected chi connectivity index (χ1v) is 10.6. The molecule has 1 aliphatic heterocycles. The summed E-state index contributed by atoms with van der Waals surface area (Å²) in [6.45, 7) is 6.31. The molecule has 0 fully saturated rings. The normalized spacial score (nSPS) is 13.5. The molecule has 0 radical (unpaired) electrons. The van der Waals surface area contributed by atoms with Gasteiger partial charge in [0.25, 0.3) is 5.91 Å². The molecule has 0 saturated carbocycles. The summed E-state index contributed by atoms with van der Waals surface area (Å²) in [6.07, 6.45) is 5.22. The summed E-state index contributed by atoms with van der Waals surface area (Å²) >= 11 is 0. The third-order valence-corrected chi connectivity index (χ3v) is 5.46. The number of pyridine rings is 2. The number of nitrogens with zero attached hydrogens (tertiary/aromatic N) is 4. The Kier molecular flexibility index (Phi) is 6.21. The Hall–Kier alpha value is -4.01. The molecule has 0 spiro atoms. The van der Waals surface area contributed by atoms with Crippen molar-refractivity contribution in [2.45, 2.75) is 40.3 Å². The number of allylic oxidation sites excluding steroid dienone is 1. The second-order valence-electron chi connectivity index (χ2n) is 8.02.